The van der Waals surface area contributed by atoms with E-state index in [1.165, 1.54) is 12.4 Å². The Morgan fingerprint density at radius 2 is 2.06 bits per heavy atom. The molecule has 3 N–H and O–H groups in total. The zero-order valence-electron chi connectivity index (χ0n) is 9.77. The van der Waals surface area contributed by atoms with Gasteiger partial charge >= 0.3 is 0 Å². The molecule has 0 spiro atoms. The molecule has 1 aromatic rings. The van der Waals surface area contributed by atoms with Crippen LogP contribution in [0.2, 0.25) is 0 Å². The van der Waals surface area contributed by atoms with Gasteiger partial charge in [-0.2, -0.15) is 0 Å². The second-order valence-electron chi connectivity index (χ2n) is 3.89. The number of amides is 1. The predicted molar refractivity (Wildman–Crippen MR) is 63.0 cm³/mol. The van der Waals surface area contributed by atoms with Crippen LogP contribution >= 0.6 is 0 Å². The minimum absolute atomic E-state index is 0.0575. The third-order valence-electron chi connectivity index (χ3n) is 1.83. The number of aromatic nitrogens is 2. The maximum Gasteiger partial charge on any atom is 0.239 e. The average molecular weight is 223 g/mol. The van der Waals surface area contributed by atoms with Gasteiger partial charge < -0.3 is 16.0 Å². The molecule has 1 amide bonds. The van der Waals surface area contributed by atoms with Crippen molar-refractivity contribution in [1.82, 2.24) is 15.3 Å². The number of nitrogens with one attached hydrogen (secondary N) is 1. The number of likely N-dealkylation sites (N-methyl/N-ethyl adjacent to an activating group) is 1. The van der Waals surface area contributed by atoms with Gasteiger partial charge in [0.2, 0.25) is 11.9 Å². The van der Waals surface area contributed by atoms with Crippen molar-refractivity contribution in [3.63, 3.8) is 0 Å². The number of nitrogens with two attached hydrogens (primary N) is 1. The van der Waals surface area contributed by atoms with Gasteiger partial charge in [0.25, 0.3) is 0 Å². The summed E-state index contributed by atoms with van der Waals surface area (Å²) >= 11 is 0. The molecule has 0 radical (unpaired) electrons. The SMILES string of the molecule is CC(C)NC(=O)CN(C)c1ncc(N)cn1. The summed E-state index contributed by atoms with van der Waals surface area (Å²) in [7, 11) is 1.76. The van der Waals surface area contributed by atoms with Crippen molar-refractivity contribution in [2.24, 2.45) is 0 Å². The Kier molecular flexibility index (Phi) is 4.04. The van der Waals surface area contributed by atoms with Crippen LogP contribution in [-0.4, -0.2) is 35.5 Å². The van der Waals surface area contributed by atoms with E-state index in [1.54, 1.807) is 11.9 Å². The van der Waals surface area contributed by atoms with Crippen LogP contribution in [0, 0.1) is 0 Å². The molecule has 0 unspecified atom stereocenters. The molecule has 0 fully saturated rings. The number of rotatable bonds is 4. The molecule has 1 rings (SSSR count). The Morgan fingerprint density at radius 1 is 1.50 bits per heavy atom. The molecule has 1 heterocycles. The Hall–Kier alpha value is -1.85. The minimum Gasteiger partial charge on any atom is -0.396 e. The number of nitrogen functional groups attached to an aromatic ring is 1. The summed E-state index contributed by atoms with van der Waals surface area (Å²) in [5.74, 6) is 0.422. The van der Waals surface area contributed by atoms with Gasteiger partial charge in [0.05, 0.1) is 24.6 Å². The number of carbonyl (C=O) groups excluding carboxylic acids is 1. The van der Waals surface area contributed by atoms with Gasteiger partial charge in [-0.3, -0.25) is 4.79 Å². The molecule has 0 aromatic carbocycles. The lowest BCUT2D eigenvalue weighted by molar-refractivity contribution is -0.120. The van der Waals surface area contributed by atoms with E-state index in [2.05, 4.69) is 15.3 Å². The van der Waals surface area contributed by atoms with Crippen LogP contribution in [0.15, 0.2) is 12.4 Å². The monoisotopic (exact) mass is 223 g/mol. The van der Waals surface area contributed by atoms with Crippen molar-refractivity contribution in [3.8, 4) is 0 Å². The fourth-order valence-electron chi connectivity index (χ4n) is 1.18. The normalized spacial score (nSPS) is 10.2. The number of hydrogen-bond acceptors (Lipinski definition) is 5. The van der Waals surface area contributed by atoms with Crippen LogP contribution in [0.4, 0.5) is 11.6 Å². The van der Waals surface area contributed by atoms with Crippen molar-refractivity contribution in [1.29, 1.82) is 0 Å². The van der Waals surface area contributed by atoms with E-state index in [0.717, 1.165) is 0 Å². The highest BCUT2D eigenvalue weighted by Gasteiger charge is 2.09. The molecule has 1 aromatic heterocycles. The predicted octanol–water partition coefficient (Wildman–Crippen LogP) is 0.0196. The summed E-state index contributed by atoms with van der Waals surface area (Å²) in [5.41, 5.74) is 5.97. The summed E-state index contributed by atoms with van der Waals surface area (Å²) < 4.78 is 0. The highest BCUT2D eigenvalue weighted by Crippen LogP contribution is 2.04. The lowest BCUT2D eigenvalue weighted by atomic mass is 10.4. The van der Waals surface area contributed by atoms with Crippen LogP contribution in [0.3, 0.4) is 0 Å². The molecule has 6 heteroatoms. The van der Waals surface area contributed by atoms with Gasteiger partial charge in [0.1, 0.15) is 0 Å². The minimum atomic E-state index is -0.0575. The first-order valence-corrected chi connectivity index (χ1v) is 5.07. The Morgan fingerprint density at radius 3 is 2.56 bits per heavy atom. The highest BCUT2D eigenvalue weighted by molar-refractivity contribution is 5.80. The van der Waals surface area contributed by atoms with Crippen molar-refractivity contribution >= 4 is 17.5 Å². The van der Waals surface area contributed by atoms with Crippen LogP contribution < -0.4 is 16.0 Å². The fraction of sp³-hybridized carbons (Fsp3) is 0.500. The zero-order chi connectivity index (χ0) is 12.1. The van der Waals surface area contributed by atoms with Crippen LogP contribution in [0.1, 0.15) is 13.8 Å². The van der Waals surface area contributed by atoms with Gasteiger partial charge in [0.15, 0.2) is 0 Å². The molecule has 0 aliphatic rings. The molecule has 0 aliphatic heterocycles. The van der Waals surface area contributed by atoms with E-state index >= 15 is 0 Å². The van der Waals surface area contributed by atoms with Crippen molar-refractivity contribution in [2.45, 2.75) is 19.9 Å². The molecule has 88 valence electrons. The van der Waals surface area contributed by atoms with Crippen molar-refractivity contribution in [2.75, 3.05) is 24.2 Å². The van der Waals surface area contributed by atoms with Crippen molar-refractivity contribution in [3.05, 3.63) is 12.4 Å². The lowest BCUT2D eigenvalue weighted by Gasteiger charge is -2.17. The largest absolute Gasteiger partial charge is 0.396 e. The topological polar surface area (TPSA) is 84.1 Å². The Labute approximate surface area is 94.9 Å². The van der Waals surface area contributed by atoms with Gasteiger partial charge in [-0.1, -0.05) is 0 Å². The first-order valence-electron chi connectivity index (χ1n) is 5.07. The van der Waals surface area contributed by atoms with E-state index < -0.39 is 0 Å². The number of carbonyl (C=O) groups is 1. The number of anilines is 2. The van der Waals surface area contributed by atoms with E-state index in [4.69, 9.17) is 5.73 Å². The molecular weight excluding hydrogens is 206 g/mol. The van der Waals surface area contributed by atoms with Gasteiger partial charge in [-0.25, -0.2) is 9.97 Å². The molecule has 0 aliphatic carbocycles. The lowest BCUT2D eigenvalue weighted by Crippen LogP contribution is -2.39. The maximum absolute atomic E-state index is 11.5. The summed E-state index contributed by atoms with van der Waals surface area (Å²) in [6, 6.07) is 0.133. The average Bonchev–Trinajstić information content (AvgIpc) is 2.16. The summed E-state index contributed by atoms with van der Waals surface area (Å²) in [6.07, 6.45) is 3.03. The molecule has 0 saturated heterocycles. The fourth-order valence-corrected chi connectivity index (χ4v) is 1.18. The molecule has 0 atom stereocenters. The molecule has 0 bridgehead atoms. The third kappa shape index (κ3) is 3.72. The quantitative estimate of drug-likeness (QED) is 0.751. The van der Waals surface area contributed by atoms with E-state index in [-0.39, 0.29) is 18.5 Å². The second kappa shape index (κ2) is 5.29. The third-order valence-corrected chi connectivity index (χ3v) is 1.83. The van der Waals surface area contributed by atoms with E-state index in [9.17, 15) is 4.79 Å². The molecular formula is C10H17N5O. The standard InChI is InChI=1S/C10H17N5O/c1-7(2)14-9(16)6-15(3)10-12-4-8(11)5-13-10/h4-5,7H,6,11H2,1-3H3,(H,14,16). The Balaban J connectivity index is 2.55. The van der Waals surface area contributed by atoms with E-state index in [1.807, 2.05) is 13.8 Å². The summed E-state index contributed by atoms with van der Waals surface area (Å²) in [5, 5.41) is 2.79. The second-order valence-corrected chi connectivity index (χ2v) is 3.89. The van der Waals surface area contributed by atoms with Gasteiger partial charge in [-0.15, -0.1) is 0 Å². The number of hydrogen-bond donors (Lipinski definition) is 2. The van der Waals surface area contributed by atoms with Crippen LogP contribution in [-0.2, 0) is 4.79 Å². The first kappa shape index (κ1) is 12.2. The molecule has 0 saturated carbocycles. The van der Waals surface area contributed by atoms with Gasteiger partial charge in [-0.05, 0) is 13.8 Å². The summed E-state index contributed by atoms with van der Waals surface area (Å²) in [6.45, 7) is 4.05. The van der Waals surface area contributed by atoms with Crippen LogP contribution in [0.25, 0.3) is 0 Å². The summed E-state index contributed by atoms with van der Waals surface area (Å²) in [4.78, 5) is 21.2. The van der Waals surface area contributed by atoms with Crippen LogP contribution in [0.5, 0.6) is 0 Å². The maximum atomic E-state index is 11.5. The molecule has 6 nitrogen and oxygen atoms in total. The Bertz CT molecular complexity index is 349. The number of nitrogens with zero attached hydrogens (tertiary/aromatic N) is 3. The molecule has 16 heavy (non-hydrogen) atoms. The highest BCUT2D eigenvalue weighted by atomic mass is 16.2. The zero-order valence-corrected chi connectivity index (χ0v) is 9.77. The van der Waals surface area contributed by atoms with Gasteiger partial charge in [0, 0.05) is 13.1 Å². The van der Waals surface area contributed by atoms with Crippen molar-refractivity contribution < 1.29 is 4.79 Å². The smallest absolute Gasteiger partial charge is 0.239 e. The van der Waals surface area contributed by atoms with E-state index in [0.29, 0.717) is 11.6 Å². The first-order chi connectivity index (χ1) is 7.49.